The summed E-state index contributed by atoms with van der Waals surface area (Å²) in [4.78, 5) is 2.42. The fraction of sp³-hybridized carbons (Fsp3) is 0.625. The molecule has 4 heteroatoms. The number of ether oxygens (including phenoxy) is 1. The molecule has 0 amide bonds. The highest BCUT2D eigenvalue weighted by Gasteiger charge is 2.20. The van der Waals surface area contributed by atoms with Crippen LogP contribution < -0.4 is 10.2 Å². The smallest absolute Gasteiger partial charge is 0.0746 e. The molecule has 1 heterocycles. The van der Waals surface area contributed by atoms with Crippen molar-refractivity contribution >= 4 is 21.6 Å². The van der Waals surface area contributed by atoms with Crippen molar-refractivity contribution < 1.29 is 4.74 Å². The predicted octanol–water partition coefficient (Wildman–Crippen LogP) is 3.56. The molecule has 1 unspecified atom stereocenters. The van der Waals surface area contributed by atoms with Crippen molar-refractivity contribution in [2.24, 2.45) is 0 Å². The van der Waals surface area contributed by atoms with Crippen LogP contribution in [-0.4, -0.2) is 32.3 Å². The van der Waals surface area contributed by atoms with Crippen LogP contribution in [0.4, 0.5) is 5.69 Å². The van der Waals surface area contributed by atoms with Gasteiger partial charge in [-0.2, -0.15) is 0 Å². The van der Waals surface area contributed by atoms with E-state index in [9.17, 15) is 0 Å². The quantitative estimate of drug-likeness (QED) is 0.886. The van der Waals surface area contributed by atoms with Gasteiger partial charge in [0.05, 0.1) is 6.10 Å². The van der Waals surface area contributed by atoms with Gasteiger partial charge in [0.25, 0.3) is 0 Å². The zero-order valence-electron chi connectivity index (χ0n) is 12.7. The first kappa shape index (κ1) is 15.8. The molecule has 0 spiro atoms. The lowest BCUT2D eigenvalue weighted by Crippen LogP contribution is -2.39. The number of nitrogens with zero attached hydrogens (tertiary/aromatic N) is 1. The molecule has 1 aromatic carbocycles. The Balaban J connectivity index is 2.04. The molecule has 0 bridgehead atoms. The summed E-state index contributed by atoms with van der Waals surface area (Å²) in [6.07, 6.45) is 2.74. The second-order valence-corrected chi connectivity index (χ2v) is 6.61. The monoisotopic (exact) mass is 340 g/mol. The van der Waals surface area contributed by atoms with Crippen LogP contribution in [0.3, 0.4) is 0 Å². The Bertz CT molecular complexity index is 436. The summed E-state index contributed by atoms with van der Waals surface area (Å²) in [6.45, 7) is 7.35. The van der Waals surface area contributed by atoms with E-state index >= 15 is 0 Å². The van der Waals surface area contributed by atoms with Crippen LogP contribution in [0.2, 0.25) is 0 Å². The molecule has 1 aliphatic rings. The highest BCUT2D eigenvalue weighted by atomic mass is 79.9. The minimum absolute atomic E-state index is 0.366. The number of nitrogens with one attached hydrogen (secondary N) is 1. The molecule has 112 valence electrons. The molecule has 0 saturated carbocycles. The molecule has 0 aromatic heterocycles. The topological polar surface area (TPSA) is 24.5 Å². The predicted molar refractivity (Wildman–Crippen MR) is 88.4 cm³/mol. The van der Waals surface area contributed by atoms with Gasteiger partial charge in [0, 0.05) is 42.9 Å². The Labute approximate surface area is 130 Å². The normalized spacial score (nSPS) is 19.6. The Morgan fingerprint density at radius 1 is 1.45 bits per heavy atom. The van der Waals surface area contributed by atoms with Gasteiger partial charge in [-0.25, -0.2) is 0 Å². The summed E-state index contributed by atoms with van der Waals surface area (Å²) in [6, 6.07) is 7.17. The van der Waals surface area contributed by atoms with E-state index in [1.54, 1.807) is 0 Å². The number of rotatable bonds is 5. The average molecular weight is 341 g/mol. The zero-order chi connectivity index (χ0) is 14.5. The summed E-state index contributed by atoms with van der Waals surface area (Å²) in [5.74, 6) is 0. The number of methoxy groups -OCH3 is 1. The number of benzene rings is 1. The Kier molecular flexibility index (Phi) is 5.87. The second-order valence-electron chi connectivity index (χ2n) is 5.76. The van der Waals surface area contributed by atoms with Crippen molar-refractivity contribution in [1.82, 2.24) is 5.32 Å². The van der Waals surface area contributed by atoms with Gasteiger partial charge in [0.15, 0.2) is 0 Å². The van der Waals surface area contributed by atoms with Gasteiger partial charge in [-0.1, -0.05) is 35.8 Å². The zero-order valence-corrected chi connectivity index (χ0v) is 14.2. The lowest BCUT2D eigenvalue weighted by molar-refractivity contribution is 0.0893. The van der Waals surface area contributed by atoms with E-state index in [1.165, 1.54) is 28.6 Å². The van der Waals surface area contributed by atoms with Gasteiger partial charge < -0.3 is 15.0 Å². The molecule has 1 aliphatic heterocycles. The lowest BCUT2D eigenvalue weighted by atomic mass is 10.1. The maximum atomic E-state index is 5.50. The van der Waals surface area contributed by atoms with E-state index in [0.717, 1.165) is 19.6 Å². The van der Waals surface area contributed by atoms with E-state index < -0.39 is 0 Å². The summed E-state index contributed by atoms with van der Waals surface area (Å²) >= 11 is 3.70. The SMILES string of the molecule is COC1CCCN(c2ccc(CNC(C)C)c(Br)c2)C1. The maximum absolute atomic E-state index is 5.50. The molecule has 2 rings (SSSR count). The number of piperidine rings is 1. The van der Waals surface area contributed by atoms with E-state index in [-0.39, 0.29) is 0 Å². The van der Waals surface area contributed by atoms with Gasteiger partial charge >= 0.3 is 0 Å². The molecule has 1 fully saturated rings. The van der Waals surface area contributed by atoms with Crippen LogP contribution in [0, 0.1) is 0 Å². The molecule has 3 nitrogen and oxygen atoms in total. The van der Waals surface area contributed by atoms with Gasteiger partial charge in [-0.15, -0.1) is 0 Å². The van der Waals surface area contributed by atoms with E-state index in [2.05, 4.69) is 58.2 Å². The van der Waals surface area contributed by atoms with E-state index in [4.69, 9.17) is 4.74 Å². The van der Waals surface area contributed by atoms with Gasteiger partial charge in [0.2, 0.25) is 0 Å². The number of anilines is 1. The van der Waals surface area contributed by atoms with Crippen molar-refractivity contribution in [3.63, 3.8) is 0 Å². The standard InChI is InChI=1S/C16H25BrN2O/c1-12(2)18-10-13-6-7-14(9-16(13)17)19-8-4-5-15(11-19)20-3/h6-7,9,12,15,18H,4-5,8,10-11H2,1-3H3. The number of hydrogen-bond donors (Lipinski definition) is 1. The van der Waals surface area contributed by atoms with Crippen LogP contribution in [0.15, 0.2) is 22.7 Å². The largest absolute Gasteiger partial charge is 0.380 e. The Morgan fingerprint density at radius 2 is 2.25 bits per heavy atom. The molecule has 1 N–H and O–H groups in total. The first-order chi connectivity index (χ1) is 9.60. The van der Waals surface area contributed by atoms with Crippen LogP contribution >= 0.6 is 15.9 Å². The van der Waals surface area contributed by atoms with Gasteiger partial charge in [-0.05, 0) is 30.5 Å². The highest BCUT2D eigenvalue weighted by molar-refractivity contribution is 9.10. The second kappa shape index (κ2) is 7.43. The molecule has 20 heavy (non-hydrogen) atoms. The first-order valence-electron chi connectivity index (χ1n) is 7.39. The number of halogens is 1. The van der Waals surface area contributed by atoms with Crippen LogP contribution in [-0.2, 0) is 11.3 Å². The fourth-order valence-electron chi connectivity index (χ4n) is 2.56. The molecular weight excluding hydrogens is 316 g/mol. The Hall–Kier alpha value is -0.580. The maximum Gasteiger partial charge on any atom is 0.0746 e. The summed E-state index contributed by atoms with van der Waals surface area (Å²) in [7, 11) is 1.81. The highest BCUT2D eigenvalue weighted by Crippen LogP contribution is 2.27. The molecule has 1 saturated heterocycles. The van der Waals surface area contributed by atoms with Gasteiger partial charge in [-0.3, -0.25) is 0 Å². The fourth-order valence-corrected chi connectivity index (χ4v) is 3.06. The summed E-state index contributed by atoms with van der Waals surface area (Å²) in [5, 5.41) is 3.45. The summed E-state index contributed by atoms with van der Waals surface area (Å²) in [5.41, 5.74) is 2.59. The summed E-state index contributed by atoms with van der Waals surface area (Å²) < 4.78 is 6.68. The first-order valence-corrected chi connectivity index (χ1v) is 8.19. The minimum atomic E-state index is 0.366. The lowest BCUT2D eigenvalue weighted by Gasteiger charge is -2.34. The van der Waals surface area contributed by atoms with E-state index in [0.29, 0.717) is 12.1 Å². The number of hydrogen-bond acceptors (Lipinski definition) is 3. The Morgan fingerprint density at radius 3 is 2.90 bits per heavy atom. The third kappa shape index (κ3) is 4.21. The van der Waals surface area contributed by atoms with E-state index in [1.807, 2.05) is 7.11 Å². The molecule has 1 atom stereocenters. The van der Waals surface area contributed by atoms with Crippen molar-refractivity contribution in [3.05, 3.63) is 28.2 Å². The third-order valence-corrected chi connectivity index (χ3v) is 4.55. The van der Waals surface area contributed by atoms with Crippen LogP contribution in [0.25, 0.3) is 0 Å². The van der Waals surface area contributed by atoms with Crippen molar-refractivity contribution in [3.8, 4) is 0 Å². The third-order valence-electron chi connectivity index (χ3n) is 3.81. The molecular formula is C16H25BrN2O. The van der Waals surface area contributed by atoms with Crippen LogP contribution in [0.5, 0.6) is 0 Å². The van der Waals surface area contributed by atoms with Crippen molar-refractivity contribution in [1.29, 1.82) is 0 Å². The van der Waals surface area contributed by atoms with Gasteiger partial charge in [0.1, 0.15) is 0 Å². The van der Waals surface area contributed by atoms with Crippen molar-refractivity contribution in [2.45, 2.75) is 45.4 Å². The molecule has 0 radical (unpaired) electrons. The minimum Gasteiger partial charge on any atom is -0.380 e. The van der Waals surface area contributed by atoms with Crippen molar-refractivity contribution in [2.75, 3.05) is 25.1 Å². The average Bonchev–Trinajstić information content (AvgIpc) is 2.46. The van der Waals surface area contributed by atoms with Crippen LogP contribution in [0.1, 0.15) is 32.3 Å². The molecule has 0 aliphatic carbocycles. The molecule has 1 aromatic rings.